The second-order valence-corrected chi connectivity index (χ2v) is 4.04. The lowest BCUT2D eigenvalue weighted by molar-refractivity contribution is -0.0748. The summed E-state index contributed by atoms with van der Waals surface area (Å²) in [6.07, 6.45) is 3.34. The van der Waals surface area contributed by atoms with E-state index in [1.165, 1.54) is 0 Å². The molecule has 80 valence electrons. The summed E-state index contributed by atoms with van der Waals surface area (Å²) in [4.78, 5) is 0. The normalized spacial score (nSPS) is 20.1. The number of halogens is 2. The number of fused-ring (bicyclic) bond motifs is 1. The van der Waals surface area contributed by atoms with Gasteiger partial charge >= 0.3 is 0 Å². The van der Waals surface area contributed by atoms with Crippen LogP contribution in [0.3, 0.4) is 0 Å². The van der Waals surface area contributed by atoms with Crippen LogP contribution in [0.5, 0.6) is 5.75 Å². The second-order valence-electron chi connectivity index (χ2n) is 3.20. The van der Waals surface area contributed by atoms with Gasteiger partial charge in [0, 0.05) is 10.6 Å². The largest absolute Gasteiger partial charge is 0.459 e. The molecular formula is C11H10Cl2O2. The molecule has 1 heterocycles. The fourth-order valence-corrected chi connectivity index (χ4v) is 2.01. The Balaban J connectivity index is 2.33. The van der Waals surface area contributed by atoms with Gasteiger partial charge in [0.2, 0.25) is 6.29 Å². The molecule has 0 saturated heterocycles. The number of hydrogen-bond donors (Lipinski definition) is 0. The smallest absolute Gasteiger partial charge is 0.220 e. The molecule has 0 amide bonds. The molecule has 1 aromatic carbocycles. The average Bonchev–Trinajstić information content (AvgIpc) is 2.19. The van der Waals surface area contributed by atoms with Gasteiger partial charge in [-0.15, -0.1) is 0 Å². The first kappa shape index (κ1) is 10.8. The van der Waals surface area contributed by atoms with Gasteiger partial charge in [0.25, 0.3) is 0 Å². The minimum Gasteiger partial charge on any atom is -0.459 e. The van der Waals surface area contributed by atoms with Gasteiger partial charge in [-0.1, -0.05) is 29.3 Å². The van der Waals surface area contributed by atoms with Crippen LogP contribution in [0.1, 0.15) is 12.5 Å². The van der Waals surface area contributed by atoms with Crippen LogP contribution in [0.15, 0.2) is 24.3 Å². The highest BCUT2D eigenvalue weighted by Crippen LogP contribution is 2.36. The van der Waals surface area contributed by atoms with Crippen LogP contribution < -0.4 is 4.74 Å². The molecular weight excluding hydrogens is 235 g/mol. The lowest BCUT2D eigenvalue weighted by atomic mass is 10.2. The zero-order valence-corrected chi connectivity index (χ0v) is 9.68. The van der Waals surface area contributed by atoms with Crippen molar-refractivity contribution in [1.82, 2.24) is 0 Å². The molecule has 1 unspecified atom stereocenters. The Bertz CT molecular complexity index is 402. The minimum absolute atomic E-state index is 0.360. The Morgan fingerprint density at radius 1 is 1.40 bits per heavy atom. The van der Waals surface area contributed by atoms with Crippen molar-refractivity contribution >= 4 is 23.2 Å². The maximum atomic E-state index is 6.02. The summed E-state index contributed by atoms with van der Waals surface area (Å²) < 4.78 is 11.0. The van der Waals surface area contributed by atoms with Crippen molar-refractivity contribution in [1.29, 1.82) is 0 Å². The first-order valence-corrected chi connectivity index (χ1v) is 5.35. The highest BCUT2D eigenvalue weighted by molar-refractivity contribution is 6.35. The topological polar surface area (TPSA) is 18.5 Å². The molecule has 2 rings (SSSR count). The van der Waals surface area contributed by atoms with Crippen LogP contribution in [0, 0.1) is 0 Å². The molecule has 0 saturated carbocycles. The molecule has 0 aliphatic carbocycles. The third-order valence-corrected chi connectivity index (χ3v) is 2.57. The van der Waals surface area contributed by atoms with Crippen molar-refractivity contribution in [3.8, 4) is 5.75 Å². The zero-order chi connectivity index (χ0) is 10.8. The van der Waals surface area contributed by atoms with Gasteiger partial charge in [-0.2, -0.15) is 0 Å². The second kappa shape index (κ2) is 4.44. The highest BCUT2D eigenvalue weighted by Gasteiger charge is 2.20. The Morgan fingerprint density at radius 2 is 2.20 bits per heavy atom. The van der Waals surface area contributed by atoms with Gasteiger partial charge in [-0.3, -0.25) is 0 Å². The van der Waals surface area contributed by atoms with E-state index >= 15 is 0 Å². The number of ether oxygens (including phenoxy) is 2. The van der Waals surface area contributed by atoms with E-state index in [9.17, 15) is 0 Å². The third kappa shape index (κ3) is 2.28. The molecule has 0 radical (unpaired) electrons. The first-order chi connectivity index (χ1) is 7.20. The summed E-state index contributed by atoms with van der Waals surface area (Å²) in [5.74, 6) is 0.662. The fraction of sp³-hybridized carbons (Fsp3) is 0.273. The predicted octanol–water partition coefficient (Wildman–Crippen LogP) is 3.80. The lowest BCUT2D eigenvalue weighted by Gasteiger charge is -2.25. The summed E-state index contributed by atoms with van der Waals surface area (Å²) in [5, 5.41) is 1.12. The van der Waals surface area contributed by atoms with Gasteiger partial charge in [0.1, 0.15) is 5.75 Å². The molecule has 15 heavy (non-hydrogen) atoms. The molecule has 0 bridgehead atoms. The van der Waals surface area contributed by atoms with E-state index < -0.39 is 0 Å². The summed E-state index contributed by atoms with van der Waals surface area (Å²) in [6.45, 7) is 2.37. The summed E-state index contributed by atoms with van der Waals surface area (Å²) in [7, 11) is 0. The maximum Gasteiger partial charge on any atom is 0.220 e. The van der Waals surface area contributed by atoms with Gasteiger partial charge in [-0.05, 0) is 25.1 Å². The Labute approximate surface area is 98.4 Å². The van der Waals surface area contributed by atoms with Crippen LogP contribution in [0.25, 0.3) is 0 Å². The Kier molecular flexibility index (Phi) is 3.19. The summed E-state index contributed by atoms with van der Waals surface area (Å²) in [6, 6.07) is 3.47. The molecule has 0 aromatic heterocycles. The lowest BCUT2D eigenvalue weighted by Crippen LogP contribution is -2.23. The van der Waals surface area contributed by atoms with Crippen LogP contribution in [0.2, 0.25) is 10.0 Å². The van der Waals surface area contributed by atoms with E-state index in [0.717, 1.165) is 5.56 Å². The zero-order valence-electron chi connectivity index (χ0n) is 8.17. The van der Waals surface area contributed by atoms with Crippen LogP contribution in [-0.4, -0.2) is 6.29 Å². The molecule has 1 aromatic rings. The van der Waals surface area contributed by atoms with Gasteiger partial charge < -0.3 is 9.47 Å². The number of benzene rings is 1. The average molecular weight is 245 g/mol. The fourth-order valence-electron chi connectivity index (χ4n) is 1.43. The van der Waals surface area contributed by atoms with Crippen molar-refractivity contribution in [2.75, 3.05) is 0 Å². The van der Waals surface area contributed by atoms with E-state index in [1.807, 2.05) is 19.1 Å². The molecule has 1 aliphatic rings. The van der Waals surface area contributed by atoms with E-state index in [-0.39, 0.29) is 6.29 Å². The third-order valence-electron chi connectivity index (χ3n) is 2.07. The number of allylic oxidation sites excluding steroid dienone is 1. The molecule has 2 nitrogen and oxygen atoms in total. The van der Waals surface area contributed by atoms with Gasteiger partial charge in [0.05, 0.1) is 11.6 Å². The van der Waals surface area contributed by atoms with Crippen LogP contribution >= 0.6 is 23.2 Å². The highest BCUT2D eigenvalue weighted by atomic mass is 35.5. The molecule has 0 spiro atoms. The summed E-state index contributed by atoms with van der Waals surface area (Å²) >= 11 is 11.9. The van der Waals surface area contributed by atoms with E-state index in [4.69, 9.17) is 32.7 Å². The number of hydrogen-bond acceptors (Lipinski definition) is 2. The molecule has 1 aliphatic heterocycles. The van der Waals surface area contributed by atoms with Crippen molar-refractivity contribution < 1.29 is 9.47 Å². The monoisotopic (exact) mass is 244 g/mol. The van der Waals surface area contributed by atoms with E-state index in [1.54, 1.807) is 12.1 Å². The van der Waals surface area contributed by atoms with E-state index in [2.05, 4.69) is 0 Å². The van der Waals surface area contributed by atoms with Crippen LogP contribution in [0.4, 0.5) is 0 Å². The minimum atomic E-state index is -0.360. The standard InChI is InChI=1S/C11H10Cl2O2/c1-2-3-10-14-6-7-4-8(12)5-9(13)11(7)15-10/h2-5,10H,6H2,1H3. The molecule has 0 N–H and O–H groups in total. The Hall–Kier alpha value is -0.700. The van der Waals surface area contributed by atoms with Crippen molar-refractivity contribution in [3.63, 3.8) is 0 Å². The molecule has 1 atom stereocenters. The van der Waals surface area contributed by atoms with Gasteiger partial charge in [-0.25, -0.2) is 0 Å². The number of rotatable bonds is 1. The van der Waals surface area contributed by atoms with E-state index in [0.29, 0.717) is 22.4 Å². The first-order valence-electron chi connectivity index (χ1n) is 4.59. The predicted molar refractivity (Wildman–Crippen MR) is 60.5 cm³/mol. The Morgan fingerprint density at radius 3 is 2.93 bits per heavy atom. The molecule has 4 heteroatoms. The summed E-state index contributed by atoms with van der Waals surface area (Å²) in [5.41, 5.74) is 0.883. The van der Waals surface area contributed by atoms with Crippen LogP contribution in [-0.2, 0) is 11.3 Å². The molecule has 0 fully saturated rings. The quantitative estimate of drug-likeness (QED) is 0.700. The maximum absolute atomic E-state index is 6.02. The van der Waals surface area contributed by atoms with Crippen molar-refractivity contribution in [2.45, 2.75) is 19.8 Å². The van der Waals surface area contributed by atoms with Crippen molar-refractivity contribution in [3.05, 3.63) is 39.9 Å². The van der Waals surface area contributed by atoms with Gasteiger partial charge in [0.15, 0.2) is 0 Å². The van der Waals surface area contributed by atoms with Crippen molar-refractivity contribution in [2.24, 2.45) is 0 Å². The SMILES string of the molecule is CC=CC1OCc2cc(Cl)cc(Cl)c2O1.